The summed E-state index contributed by atoms with van der Waals surface area (Å²) < 4.78 is 2.05. The van der Waals surface area contributed by atoms with E-state index in [0.717, 1.165) is 33.8 Å². The van der Waals surface area contributed by atoms with Crippen molar-refractivity contribution in [1.82, 2.24) is 24.7 Å². The van der Waals surface area contributed by atoms with Crippen LogP contribution in [0.4, 0.5) is 0 Å². The standard InChI is InChI=1S/C15H18N6S2/c1-2-21-11(7-16)19-20-15(21)23-14-12-9-5-3-4-6-10(9)22-13(12)17-8-18-14/h8H,2-7,16H2,1H3. The zero-order valence-corrected chi connectivity index (χ0v) is 14.6. The lowest BCUT2D eigenvalue weighted by Gasteiger charge is -2.11. The lowest BCUT2D eigenvalue weighted by molar-refractivity contribution is 0.642. The number of fused-ring (bicyclic) bond motifs is 3. The molecule has 0 amide bonds. The minimum atomic E-state index is 0.397. The summed E-state index contributed by atoms with van der Waals surface area (Å²) in [6.45, 7) is 3.28. The maximum absolute atomic E-state index is 5.74. The van der Waals surface area contributed by atoms with E-state index in [9.17, 15) is 0 Å². The average molecular weight is 346 g/mol. The third-order valence-electron chi connectivity index (χ3n) is 4.20. The first-order valence-electron chi connectivity index (χ1n) is 7.87. The zero-order chi connectivity index (χ0) is 15.8. The van der Waals surface area contributed by atoms with Crippen LogP contribution in [-0.2, 0) is 25.9 Å². The van der Waals surface area contributed by atoms with Crippen LogP contribution in [0.1, 0.15) is 36.0 Å². The Kier molecular flexibility index (Phi) is 4.04. The van der Waals surface area contributed by atoms with E-state index in [1.807, 2.05) is 11.3 Å². The van der Waals surface area contributed by atoms with Crippen molar-refractivity contribution in [1.29, 1.82) is 0 Å². The molecule has 0 fully saturated rings. The van der Waals surface area contributed by atoms with Gasteiger partial charge in [0, 0.05) is 16.8 Å². The molecule has 4 rings (SSSR count). The Balaban J connectivity index is 1.80. The van der Waals surface area contributed by atoms with E-state index >= 15 is 0 Å². The number of hydrogen-bond acceptors (Lipinski definition) is 7. The van der Waals surface area contributed by atoms with Gasteiger partial charge in [0.05, 0.1) is 6.54 Å². The summed E-state index contributed by atoms with van der Waals surface area (Å²) in [6, 6.07) is 0. The SMILES string of the molecule is CCn1c(CN)nnc1Sc1ncnc2sc3c(c12)CCCC3. The van der Waals surface area contributed by atoms with Crippen molar-refractivity contribution < 1.29 is 0 Å². The van der Waals surface area contributed by atoms with Gasteiger partial charge in [-0.3, -0.25) is 0 Å². The Labute approximate surface area is 142 Å². The van der Waals surface area contributed by atoms with E-state index in [1.54, 1.807) is 18.1 Å². The summed E-state index contributed by atoms with van der Waals surface area (Å²) in [7, 11) is 0. The minimum Gasteiger partial charge on any atom is -0.324 e. The molecule has 6 nitrogen and oxygen atoms in total. The van der Waals surface area contributed by atoms with Crippen molar-refractivity contribution in [2.24, 2.45) is 5.73 Å². The highest BCUT2D eigenvalue weighted by atomic mass is 32.2. The Hall–Kier alpha value is -1.51. The highest BCUT2D eigenvalue weighted by Gasteiger charge is 2.21. The van der Waals surface area contributed by atoms with Crippen molar-refractivity contribution >= 4 is 33.3 Å². The Morgan fingerprint density at radius 3 is 2.96 bits per heavy atom. The molecule has 120 valence electrons. The first-order valence-corrected chi connectivity index (χ1v) is 9.50. The van der Waals surface area contributed by atoms with Gasteiger partial charge in [0.15, 0.2) is 5.16 Å². The Morgan fingerprint density at radius 1 is 1.26 bits per heavy atom. The smallest absolute Gasteiger partial charge is 0.197 e. The number of hydrogen-bond donors (Lipinski definition) is 1. The van der Waals surface area contributed by atoms with Crippen molar-refractivity contribution in [3.05, 3.63) is 22.6 Å². The van der Waals surface area contributed by atoms with Gasteiger partial charge in [-0.2, -0.15) is 0 Å². The molecule has 1 aliphatic carbocycles. The summed E-state index contributed by atoms with van der Waals surface area (Å²) in [5.41, 5.74) is 7.19. The van der Waals surface area contributed by atoms with Gasteiger partial charge < -0.3 is 10.3 Å². The van der Waals surface area contributed by atoms with Gasteiger partial charge in [0.2, 0.25) is 0 Å². The van der Waals surface area contributed by atoms with E-state index in [2.05, 4.69) is 31.7 Å². The highest BCUT2D eigenvalue weighted by Crippen LogP contribution is 2.40. The lowest BCUT2D eigenvalue weighted by atomic mass is 9.97. The summed E-state index contributed by atoms with van der Waals surface area (Å²) >= 11 is 3.39. The molecule has 0 bridgehead atoms. The number of nitrogens with two attached hydrogens (primary N) is 1. The van der Waals surface area contributed by atoms with Crippen molar-refractivity contribution in [2.45, 2.75) is 55.9 Å². The first kappa shape index (κ1) is 15.0. The molecule has 23 heavy (non-hydrogen) atoms. The van der Waals surface area contributed by atoms with Crippen LogP contribution in [0.3, 0.4) is 0 Å². The third-order valence-corrected chi connectivity index (χ3v) is 6.38. The van der Waals surface area contributed by atoms with Crippen LogP contribution in [0.5, 0.6) is 0 Å². The minimum absolute atomic E-state index is 0.397. The second-order valence-corrected chi connectivity index (χ2v) is 7.56. The fraction of sp³-hybridized carbons (Fsp3) is 0.467. The molecule has 0 radical (unpaired) electrons. The van der Waals surface area contributed by atoms with E-state index in [4.69, 9.17) is 5.73 Å². The zero-order valence-electron chi connectivity index (χ0n) is 12.9. The van der Waals surface area contributed by atoms with Crippen LogP contribution >= 0.6 is 23.1 Å². The molecule has 3 aromatic rings. The maximum Gasteiger partial charge on any atom is 0.197 e. The molecule has 0 atom stereocenters. The van der Waals surface area contributed by atoms with Crippen LogP contribution in [-0.4, -0.2) is 24.7 Å². The number of thiophene rings is 1. The molecule has 0 saturated heterocycles. The summed E-state index contributed by atoms with van der Waals surface area (Å²) in [5, 5.41) is 11.5. The predicted octanol–water partition coefficient (Wildman–Crippen LogP) is 2.79. The van der Waals surface area contributed by atoms with Gasteiger partial charge in [0.25, 0.3) is 0 Å². The van der Waals surface area contributed by atoms with Gasteiger partial charge in [0.1, 0.15) is 22.0 Å². The van der Waals surface area contributed by atoms with Crippen molar-refractivity contribution in [2.75, 3.05) is 0 Å². The largest absolute Gasteiger partial charge is 0.324 e. The lowest BCUT2D eigenvalue weighted by Crippen LogP contribution is -2.08. The molecule has 0 aliphatic heterocycles. The van der Waals surface area contributed by atoms with Crippen molar-refractivity contribution in [3.8, 4) is 0 Å². The Morgan fingerprint density at radius 2 is 2.13 bits per heavy atom. The van der Waals surface area contributed by atoms with E-state index < -0.39 is 0 Å². The van der Waals surface area contributed by atoms with E-state index in [1.165, 1.54) is 35.1 Å². The molecule has 3 heterocycles. The normalized spacial score (nSPS) is 14.3. The van der Waals surface area contributed by atoms with Gasteiger partial charge in [-0.05, 0) is 49.9 Å². The topological polar surface area (TPSA) is 82.5 Å². The van der Waals surface area contributed by atoms with Crippen LogP contribution in [0, 0.1) is 0 Å². The third kappa shape index (κ3) is 2.54. The van der Waals surface area contributed by atoms with Gasteiger partial charge in [-0.25, -0.2) is 9.97 Å². The van der Waals surface area contributed by atoms with Crippen LogP contribution in [0.15, 0.2) is 16.5 Å². The summed E-state index contributed by atoms with van der Waals surface area (Å²) in [5.74, 6) is 0.813. The molecular weight excluding hydrogens is 328 g/mol. The molecule has 0 saturated carbocycles. The first-order chi connectivity index (χ1) is 11.3. The molecule has 3 aromatic heterocycles. The molecule has 1 aliphatic rings. The highest BCUT2D eigenvalue weighted by molar-refractivity contribution is 7.99. The number of aryl methyl sites for hydroxylation is 2. The predicted molar refractivity (Wildman–Crippen MR) is 91.8 cm³/mol. The monoisotopic (exact) mass is 346 g/mol. The van der Waals surface area contributed by atoms with E-state index in [0.29, 0.717) is 6.54 Å². The second-order valence-electron chi connectivity index (χ2n) is 5.52. The van der Waals surface area contributed by atoms with Gasteiger partial charge >= 0.3 is 0 Å². The number of aromatic nitrogens is 5. The number of rotatable bonds is 4. The van der Waals surface area contributed by atoms with Crippen LogP contribution in [0.25, 0.3) is 10.2 Å². The summed E-state index contributed by atoms with van der Waals surface area (Å²) in [4.78, 5) is 11.6. The molecule has 0 spiro atoms. The molecule has 0 unspecified atom stereocenters. The average Bonchev–Trinajstić information content (AvgIpc) is 3.15. The van der Waals surface area contributed by atoms with Gasteiger partial charge in [-0.1, -0.05) is 0 Å². The van der Waals surface area contributed by atoms with Crippen molar-refractivity contribution in [3.63, 3.8) is 0 Å². The second kappa shape index (κ2) is 6.18. The fourth-order valence-corrected chi connectivity index (χ4v) is 5.40. The molecule has 0 aromatic carbocycles. The maximum atomic E-state index is 5.74. The van der Waals surface area contributed by atoms with Gasteiger partial charge in [-0.15, -0.1) is 21.5 Å². The Bertz CT molecular complexity index is 853. The van der Waals surface area contributed by atoms with Crippen LogP contribution in [0.2, 0.25) is 0 Å². The van der Waals surface area contributed by atoms with E-state index in [-0.39, 0.29) is 0 Å². The quantitative estimate of drug-likeness (QED) is 0.732. The molecule has 2 N–H and O–H groups in total. The number of nitrogens with zero attached hydrogens (tertiary/aromatic N) is 5. The molecular formula is C15H18N6S2. The molecule has 8 heteroatoms. The summed E-state index contributed by atoms with van der Waals surface area (Å²) in [6.07, 6.45) is 6.48. The van der Waals surface area contributed by atoms with Crippen LogP contribution < -0.4 is 5.73 Å². The fourth-order valence-electron chi connectivity index (χ4n) is 3.09.